The molecule has 2 aromatic heterocycles. The first kappa shape index (κ1) is 25.9. The molecule has 0 radical (unpaired) electrons. The van der Waals surface area contributed by atoms with Crippen LogP contribution < -0.4 is 5.32 Å². The number of carbonyl (C=O) groups excluding carboxylic acids is 1. The number of piperidine rings is 1. The predicted molar refractivity (Wildman–Crippen MR) is 141 cm³/mol. The number of hydrogen-bond donors (Lipinski definition) is 2. The molecule has 1 aliphatic heterocycles. The maximum absolute atomic E-state index is 12.6. The van der Waals surface area contributed by atoms with Crippen molar-refractivity contribution in [2.45, 2.75) is 95.7 Å². The van der Waals surface area contributed by atoms with Gasteiger partial charge in [-0.3, -0.25) is 4.79 Å². The van der Waals surface area contributed by atoms with Crippen LogP contribution in [0.3, 0.4) is 0 Å². The fourth-order valence-electron chi connectivity index (χ4n) is 5.71. The summed E-state index contributed by atoms with van der Waals surface area (Å²) in [6, 6.07) is 0.692. The van der Waals surface area contributed by atoms with Gasteiger partial charge in [-0.15, -0.1) is 0 Å². The minimum Gasteiger partial charge on any atom is -0.393 e. The highest BCUT2D eigenvalue weighted by Crippen LogP contribution is 2.38. The first-order chi connectivity index (χ1) is 16.9. The molecule has 2 aliphatic rings. The van der Waals surface area contributed by atoms with Crippen LogP contribution in [0.15, 0.2) is 12.4 Å². The molecule has 0 aromatic carbocycles. The average Bonchev–Trinajstić information content (AvgIpc) is 3.22. The molecule has 2 N–H and O–H groups in total. The van der Waals surface area contributed by atoms with Crippen LogP contribution in [0, 0.1) is 0 Å². The Hall–Kier alpha value is -2.19. The number of aliphatic hydroxyl groups excluding tert-OH is 1. The molecule has 35 heavy (non-hydrogen) atoms. The van der Waals surface area contributed by atoms with Gasteiger partial charge in [-0.25, -0.2) is 4.98 Å². The van der Waals surface area contributed by atoms with Gasteiger partial charge in [0.05, 0.1) is 6.10 Å². The summed E-state index contributed by atoms with van der Waals surface area (Å²) >= 11 is 0. The van der Waals surface area contributed by atoms with Gasteiger partial charge >= 0.3 is 0 Å². The number of nitrogens with one attached hydrogen (secondary N) is 1. The van der Waals surface area contributed by atoms with E-state index in [1.165, 1.54) is 5.56 Å². The summed E-state index contributed by atoms with van der Waals surface area (Å²) in [5.41, 5.74) is 2.33. The molecule has 1 aliphatic carbocycles. The van der Waals surface area contributed by atoms with Gasteiger partial charge in [0.25, 0.3) is 0 Å². The lowest BCUT2D eigenvalue weighted by Gasteiger charge is -2.32. The van der Waals surface area contributed by atoms with Gasteiger partial charge in [0.2, 0.25) is 11.9 Å². The van der Waals surface area contributed by atoms with Crippen molar-refractivity contribution in [3.8, 4) is 0 Å². The maximum atomic E-state index is 12.6. The SMILES string of the molecule is CCC[C@H](C)Nc1ncc2c(C3CCN(C(=O)CCN(C)C)CC3)cn(C3CCC(O)CC3)c2n1. The first-order valence-electron chi connectivity index (χ1n) is 13.6. The molecule has 194 valence electrons. The Morgan fingerprint density at radius 3 is 2.57 bits per heavy atom. The van der Waals surface area contributed by atoms with Gasteiger partial charge in [0, 0.05) is 55.9 Å². The van der Waals surface area contributed by atoms with Crippen molar-refractivity contribution >= 4 is 22.9 Å². The topological polar surface area (TPSA) is 86.5 Å². The molecule has 1 atom stereocenters. The maximum Gasteiger partial charge on any atom is 0.224 e. The highest BCUT2D eigenvalue weighted by molar-refractivity contribution is 5.82. The largest absolute Gasteiger partial charge is 0.393 e. The number of carbonyl (C=O) groups is 1. The van der Waals surface area contributed by atoms with E-state index in [0.29, 0.717) is 30.4 Å². The molecule has 8 nitrogen and oxygen atoms in total. The van der Waals surface area contributed by atoms with Gasteiger partial charge < -0.3 is 24.8 Å². The number of likely N-dealkylation sites (tertiary alicyclic amines) is 1. The van der Waals surface area contributed by atoms with Crippen molar-refractivity contribution in [2.75, 3.05) is 39.0 Å². The number of fused-ring (bicyclic) bond motifs is 1. The fourth-order valence-corrected chi connectivity index (χ4v) is 5.71. The Bertz CT molecular complexity index is 973. The molecule has 3 heterocycles. The van der Waals surface area contributed by atoms with Gasteiger partial charge in [-0.2, -0.15) is 4.98 Å². The summed E-state index contributed by atoms with van der Waals surface area (Å²) in [6.45, 7) is 6.80. The molecule has 1 amide bonds. The second kappa shape index (κ2) is 11.7. The van der Waals surface area contributed by atoms with Gasteiger partial charge in [-0.1, -0.05) is 13.3 Å². The van der Waals surface area contributed by atoms with E-state index in [9.17, 15) is 9.90 Å². The van der Waals surface area contributed by atoms with Crippen LogP contribution in [0.1, 0.15) is 89.2 Å². The third-order valence-electron chi connectivity index (χ3n) is 7.82. The van der Waals surface area contributed by atoms with E-state index in [2.05, 4.69) is 34.8 Å². The minimum absolute atomic E-state index is 0.177. The second-order valence-electron chi connectivity index (χ2n) is 10.9. The zero-order valence-electron chi connectivity index (χ0n) is 22.0. The Morgan fingerprint density at radius 2 is 1.91 bits per heavy atom. The van der Waals surface area contributed by atoms with E-state index in [0.717, 1.165) is 82.0 Å². The molecule has 1 saturated heterocycles. The number of aliphatic hydroxyl groups is 1. The van der Waals surface area contributed by atoms with E-state index < -0.39 is 0 Å². The van der Waals surface area contributed by atoms with Crippen molar-refractivity contribution in [3.05, 3.63) is 18.0 Å². The number of nitrogens with zero attached hydrogens (tertiary/aromatic N) is 5. The number of hydrogen-bond acceptors (Lipinski definition) is 6. The normalized spacial score (nSPS) is 22.6. The Labute approximate surface area is 210 Å². The molecule has 4 rings (SSSR count). The standard InChI is InChI=1S/C27H44N6O2/c1-5-6-19(2)29-27-28-17-23-24(18-33(26(23)30-27)21-7-9-22(34)10-8-21)20-11-15-32(16-12-20)25(35)13-14-31(3)4/h17-22,34H,5-16H2,1-4H3,(H,28,29,30)/t19-,21?,22?/m0/s1. The van der Waals surface area contributed by atoms with Gasteiger partial charge in [0.15, 0.2) is 0 Å². The van der Waals surface area contributed by atoms with Crippen molar-refractivity contribution < 1.29 is 9.90 Å². The molecule has 0 bridgehead atoms. The van der Waals surface area contributed by atoms with E-state index >= 15 is 0 Å². The van der Waals surface area contributed by atoms with Crippen LogP contribution in [-0.2, 0) is 4.79 Å². The average molecular weight is 485 g/mol. The lowest BCUT2D eigenvalue weighted by atomic mass is 9.89. The van der Waals surface area contributed by atoms with Crippen molar-refractivity contribution in [2.24, 2.45) is 0 Å². The molecular formula is C27H44N6O2. The summed E-state index contributed by atoms with van der Waals surface area (Å²) in [5.74, 6) is 1.37. The zero-order chi connectivity index (χ0) is 24.9. The van der Waals surface area contributed by atoms with Crippen LogP contribution in [0.5, 0.6) is 0 Å². The zero-order valence-corrected chi connectivity index (χ0v) is 22.0. The lowest BCUT2D eigenvalue weighted by molar-refractivity contribution is -0.132. The monoisotopic (exact) mass is 484 g/mol. The third-order valence-corrected chi connectivity index (χ3v) is 7.82. The third kappa shape index (κ3) is 6.33. The molecule has 1 saturated carbocycles. The summed E-state index contributed by atoms with van der Waals surface area (Å²) < 4.78 is 2.36. The summed E-state index contributed by atoms with van der Waals surface area (Å²) in [6.07, 6.45) is 12.5. The van der Waals surface area contributed by atoms with E-state index in [1.54, 1.807) is 0 Å². The van der Waals surface area contributed by atoms with Crippen LogP contribution in [0.2, 0.25) is 0 Å². The van der Waals surface area contributed by atoms with E-state index in [1.807, 2.05) is 25.2 Å². The minimum atomic E-state index is -0.177. The number of anilines is 1. The number of rotatable bonds is 9. The fraction of sp³-hybridized carbons (Fsp3) is 0.741. The summed E-state index contributed by atoms with van der Waals surface area (Å²) in [7, 11) is 4.02. The Kier molecular flexibility index (Phi) is 8.65. The lowest BCUT2D eigenvalue weighted by Crippen LogP contribution is -2.39. The van der Waals surface area contributed by atoms with Gasteiger partial charge in [0.1, 0.15) is 5.65 Å². The molecule has 0 unspecified atom stereocenters. The van der Waals surface area contributed by atoms with Crippen molar-refractivity contribution in [1.29, 1.82) is 0 Å². The predicted octanol–water partition coefficient (Wildman–Crippen LogP) is 4.17. The molecule has 2 fully saturated rings. The quantitative estimate of drug-likeness (QED) is 0.556. The van der Waals surface area contributed by atoms with Crippen LogP contribution in [0.4, 0.5) is 5.95 Å². The second-order valence-corrected chi connectivity index (χ2v) is 10.9. The van der Waals surface area contributed by atoms with Crippen LogP contribution >= 0.6 is 0 Å². The van der Waals surface area contributed by atoms with Crippen LogP contribution in [0.25, 0.3) is 11.0 Å². The number of amides is 1. The van der Waals surface area contributed by atoms with E-state index in [-0.39, 0.29) is 12.0 Å². The molecule has 2 aromatic rings. The first-order valence-corrected chi connectivity index (χ1v) is 13.6. The molecular weight excluding hydrogens is 440 g/mol. The van der Waals surface area contributed by atoms with E-state index in [4.69, 9.17) is 9.97 Å². The van der Waals surface area contributed by atoms with Crippen molar-refractivity contribution in [3.63, 3.8) is 0 Å². The highest BCUT2D eigenvalue weighted by Gasteiger charge is 2.29. The van der Waals surface area contributed by atoms with Gasteiger partial charge in [-0.05, 0) is 77.4 Å². The highest BCUT2D eigenvalue weighted by atomic mass is 16.3. The van der Waals surface area contributed by atoms with Crippen molar-refractivity contribution in [1.82, 2.24) is 24.3 Å². The molecule has 0 spiro atoms. The Morgan fingerprint density at radius 1 is 1.20 bits per heavy atom. The Balaban J connectivity index is 1.55. The number of aromatic nitrogens is 3. The smallest absolute Gasteiger partial charge is 0.224 e. The summed E-state index contributed by atoms with van der Waals surface area (Å²) in [4.78, 5) is 26.4. The molecule has 8 heteroatoms. The van der Waals surface area contributed by atoms with Crippen LogP contribution in [-0.4, -0.2) is 81.2 Å². The summed E-state index contributed by atoms with van der Waals surface area (Å²) in [5, 5.41) is 14.7.